The number of rotatable bonds is 5. The molecule has 0 heteroatoms. The average Bonchev–Trinajstić information content (AvgIpc) is 3.34. The standard InChI is InChI=1S/C58H36/c1-4-16-45-37(10-1)13-7-19-47(45)40-22-26-42(27-23-40)55-36-56(43-28-24-41(25-29-43)48-20-8-14-38-11-2-5-17-46(38)48)54-35-34-52-51(32-30-44-31-33-53(55)58(54)57(44)52)50-21-9-15-39-12-3-6-18-49(39)50/h1-36H/i31D,32D,33D,34D,35D,36D. The van der Waals surface area contributed by atoms with Crippen LogP contribution in [-0.4, -0.2) is 0 Å². The Balaban J connectivity index is 1.19. The van der Waals surface area contributed by atoms with Crippen LogP contribution in [0.1, 0.15) is 8.22 Å². The predicted molar refractivity (Wildman–Crippen MR) is 250 cm³/mol. The van der Waals surface area contributed by atoms with E-state index in [1.165, 1.54) is 0 Å². The molecule has 0 aromatic heterocycles. The molecule has 0 saturated carbocycles. The molecule has 0 unspecified atom stereocenters. The van der Waals surface area contributed by atoms with E-state index in [4.69, 9.17) is 0 Å². The summed E-state index contributed by atoms with van der Waals surface area (Å²) in [5, 5.41) is 9.15. The van der Waals surface area contributed by atoms with Crippen LogP contribution in [0.25, 0.3) is 120 Å². The summed E-state index contributed by atoms with van der Waals surface area (Å²) < 4.78 is 58.8. The molecule has 0 aliphatic carbocycles. The molecule has 0 saturated heterocycles. The third kappa shape index (κ3) is 5.09. The molecule has 0 nitrogen and oxygen atoms in total. The van der Waals surface area contributed by atoms with Crippen LogP contribution in [0.4, 0.5) is 0 Å². The van der Waals surface area contributed by atoms with Crippen molar-refractivity contribution in [1.29, 1.82) is 0 Å². The van der Waals surface area contributed by atoms with E-state index in [2.05, 4.69) is 84.9 Å². The molecule has 0 aliphatic heterocycles. The maximum atomic E-state index is 10.2. The molecule has 0 spiro atoms. The molecular weight excluding hydrogens is 697 g/mol. The molecular formula is C58H36. The molecule has 0 amide bonds. The van der Waals surface area contributed by atoms with Crippen LogP contribution in [0, 0.1) is 0 Å². The zero-order chi connectivity index (χ0) is 43.4. The van der Waals surface area contributed by atoms with Gasteiger partial charge in [0.1, 0.15) is 0 Å². The van der Waals surface area contributed by atoms with Gasteiger partial charge < -0.3 is 0 Å². The smallest absolute Gasteiger partial charge is 0.0616 e. The van der Waals surface area contributed by atoms with Crippen LogP contribution in [0.3, 0.4) is 0 Å². The highest BCUT2D eigenvalue weighted by Gasteiger charge is 2.19. The third-order valence-electron chi connectivity index (χ3n) is 11.9. The number of hydrogen-bond acceptors (Lipinski definition) is 0. The minimum atomic E-state index is -0.0810. The number of hydrogen-bond donors (Lipinski definition) is 0. The minimum Gasteiger partial charge on any atom is -0.0616 e. The topological polar surface area (TPSA) is 0 Å². The molecule has 0 N–H and O–H groups in total. The van der Waals surface area contributed by atoms with E-state index in [1.54, 1.807) is 6.07 Å². The highest BCUT2D eigenvalue weighted by Crippen LogP contribution is 2.47. The van der Waals surface area contributed by atoms with Gasteiger partial charge in [0.15, 0.2) is 0 Å². The lowest BCUT2D eigenvalue weighted by Gasteiger charge is -2.20. The summed E-state index contributed by atoms with van der Waals surface area (Å²) in [5.74, 6) is 0. The van der Waals surface area contributed by atoms with Crippen molar-refractivity contribution in [2.24, 2.45) is 0 Å². The summed E-state index contributed by atoms with van der Waals surface area (Å²) in [6, 6.07) is 60.9. The molecule has 268 valence electrons. The van der Waals surface area contributed by atoms with Gasteiger partial charge in [-0.3, -0.25) is 0 Å². The van der Waals surface area contributed by atoms with Crippen LogP contribution < -0.4 is 0 Å². The Bertz CT molecular complexity index is 3730. The lowest BCUT2D eigenvalue weighted by Crippen LogP contribution is -1.93. The van der Waals surface area contributed by atoms with Crippen LogP contribution in [0.2, 0.25) is 0 Å². The normalized spacial score (nSPS) is 13.2. The molecule has 0 bridgehead atoms. The van der Waals surface area contributed by atoms with Gasteiger partial charge in [0, 0.05) is 0 Å². The highest BCUT2D eigenvalue weighted by atomic mass is 14.2. The van der Waals surface area contributed by atoms with E-state index in [9.17, 15) is 8.22 Å². The Morgan fingerprint density at radius 3 is 1.10 bits per heavy atom. The minimum absolute atomic E-state index is 0.0749. The van der Waals surface area contributed by atoms with Crippen LogP contribution in [0.15, 0.2) is 218 Å². The Labute approximate surface area is 345 Å². The molecule has 0 fully saturated rings. The van der Waals surface area contributed by atoms with Crippen LogP contribution in [-0.2, 0) is 0 Å². The first-order chi connectivity index (χ1) is 31.3. The zero-order valence-corrected chi connectivity index (χ0v) is 31.3. The second kappa shape index (κ2) is 13.0. The predicted octanol–water partition coefficient (Wildman–Crippen LogP) is 16.4. The molecule has 12 aromatic rings. The van der Waals surface area contributed by atoms with Gasteiger partial charge in [-0.2, -0.15) is 0 Å². The van der Waals surface area contributed by atoms with Gasteiger partial charge in [-0.05, 0) is 126 Å². The first-order valence-electron chi connectivity index (χ1n) is 22.7. The van der Waals surface area contributed by atoms with Gasteiger partial charge in [0.05, 0.1) is 8.22 Å². The second-order valence-electron chi connectivity index (χ2n) is 15.1. The Morgan fingerprint density at radius 2 is 0.603 bits per heavy atom. The maximum absolute atomic E-state index is 10.2. The summed E-state index contributed by atoms with van der Waals surface area (Å²) in [4.78, 5) is 0. The van der Waals surface area contributed by atoms with Crippen molar-refractivity contribution in [1.82, 2.24) is 0 Å². The Morgan fingerprint density at radius 1 is 0.224 bits per heavy atom. The lowest BCUT2D eigenvalue weighted by molar-refractivity contribution is 1.61. The molecule has 12 rings (SSSR count). The van der Waals surface area contributed by atoms with E-state index in [0.717, 1.165) is 60.1 Å². The fraction of sp³-hybridized carbons (Fsp3) is 0. The number of benzene rings is 12. The monoisotopic (exact) mass is 738 g/mol. The van der Waals surface area contributed by atoms with Crippen molar-refractivity contribution in [2.45, 2.75) is 0 Å². The van der Waals surface area contributed by atoms with Gasteiger partial charge in [0.2, 0.25) is 0 Å². The van der Waals surface area contributed by atoms with Gasteiger partial charge in [-0.25, -0.2) is 0 Å². The SMILES string of the molecule is [2H]c1cc2c([2H])c([2H])c3c(-c4ccc(-c5cccc6ccccc56)cc4)c([2H])c(-c4ccc(-c5cccc6ccccc56)cc4)c4c([2H])c([2H])c(c1-c1cccc5ccccc15)c2c34. The summed E-state index contributed by atoms with van der Waals surface area (Å²) in [6.45, 7) is 0. The van der Waals surface area contributed by atoms with Gasteiger partial charge in [0.25, 0.3) is 0 Å². The molecule has 0 radical (unpaired) electrons. The summed E-state index contributed by atoms with van der Waals surface area (Å²) >= 11 is 0. The van der Waals surface area contributed by atoms with E-state index < -0.39 is 0 Å². The van der Waals surface area contributed by atoms with Crippen molar-refractivity contribution in [2.75, 3.05) is 0 Å². The fourth-order valence-corrected chi connectivity index (χ4v) is 9.09. The van der Waals surface area contributed by atoms with E-state index in [0.29, 0.717) is 60.1 Å². The molecule has 0 atom stereocenters. The first-order valence-corrected chi connectivity index (χ1v) is 19.7. The maximum Gasteiger partial charge on any atom is 0.0636 e. The highest BCUT2D eigenvalue weighted by molar-refractivity contribution is 6.30. The van der Waals surface area contributed by atoms with E-state index >= 15 is 0 Å². The van der Waals surface area contributed by atoms with E-state index in [1.807, 2.05) is 91.0 Å². The van der Waals surface area contributed by atoms with Crippen molar-refractivity contribution in [3.8, 4) is 55.6 Å². The quantitative estimate of drug-likeness (QED) is 0.154. The average molecular weight is 739 g/mol. The van der Waals surface area contributed by atoms with Crippen molar-refractivity contribution < 1.29 is 8.22 Å². The molecule has 58 heavy (non-hydrogen) atoms. The summed E-state index contributed by atoms with van der Waals surface area (Å²) in [6.07, 6.45) is 0. The van der Waals surface area contributed by atoms with Gasteiger partial charge >= 0.3 is 0 Å². The lowest BCUT2D eigenvalue weighted by atomic mass is 9.83. The first kappa shape index (κ1) is 27.1. The Hall–Kier alpha value is -7.54. The Kier molecular flexibility index (Phi) is 6.09. The van der Waals surface area contributed by atoms with E-state index in [-0.39, 0.29) is 36.3 Å². The van der Waals surface area contributed by atoms with Gasteiger partial charge in [-0.1, -0.05) is 212 Å². The molecule has 0 aliphatic rings. The fourth-order valence-electron chi connectivity index (χ4n) is 9.09. The van der Waals surface area contributed by atoms with Crippen molar-refractivity contribution in [3.05, 3.63) is 218 Å². The molecule has 12 aromatic carbocycles. The van der Waals surface area contributed by atoms with Crippen LogP contribution >= 0.6 is 0 Å². The second-order valence-corrected chi connectivity index (χ2v) is 15.1. The summed E-state index contributed by atoms with van der Waals surface area (Å²) in [5.41, 5.74) is 7.87. The van der Waals surface area contributed by atoms with Crippen molar-refractivity contribution >= 4 is 64.6 Å². The third-order valence-corrected chi connectivity index (χ3v) is 11.9. The zero-order valence-electron chi connectivity index (χ0n) is 37.3. The number of fused-ring (bicyclic) bond motifs is 3. The largest absolute Gasteiger partial charge is 0.0636 e. The van der Waals surface area contributed by atoms with Gasteiger partial charge in [-0.15, -0.1) is 0 Å². The summed E-state index contributed by atoms with van der Waals surface area (Å²) in [7, 11) is 0. The molecule has 0 heterocycles. The van der Waals surface area contributed by atoms with Crippen LogP contribution in [0.5, 0.6) is 0 Å². The van der Waals surface area contributed by atoms with Crippen molar-refractivity contribution in [3.63, 3.8) is 0 Å².